The first-order chi connectivity index (χ1) is 25.5. The van der Waals surface area contributed by atoms with Crippen LogP contribution >= 0.6 is 0 Å². The molecule has 11 heteroatoms. The van der Waals surface area contributed by atoms with Crippen molar-refractivity contribution in [1.82, 2.24) is 0 Å². The van der Waals surface area contributed by atoms with E-state index in [-0.39, 0.29) is 41.5 Å². The van der Waals surface area contributed by atoms with E-state index in [4.69, 9.17) is 4.74 Å². The maximum Gasteiger partial charge on any atom is 0.241 e. The Balaban J connectivity index is 1.13. The third kappa shape index (κ3) is 5.32. The van der Waals surface area contributed by atoms with Gasteiger partial charge in [0, 0.05) is 25.7 Å². The maximum absolute atomic E-state index is 14.6. The van der Waals surface area contributed by atoms with Crippen molar-refractivity contribution >= 4 is 52.1 Å². The van der Waals surface area contributed by atoms with Gasteiger partial charge in [0.2, 0.25) is 23.6 Å². The van der Waals surface area contributed by atoms with Crippen molar-refractivity contribution in [3.8, 4) is 11.5 Å². The minimum Gasteiger partial charge on any atom is -0.504 e. The molecular formula is C42H39N5O6. The van der Waals surface area contributed by atoms with Crippen molar-refractivity contribution in [1.29, 1.82) is 0 Å². The Morgan fingerprint density at radius 2 is 1.42 bits per heavy atom. The van der Waals surface area contributed by atoms with E-state index in [9.17, 15) is 24.3 Å². The largest absolute Gasteiger partial charge is 0.504 e. The molecule has 11 nitrogen and oxygen atoms in total. The van der Waals surface area contributed by atoms with Crippen LogP contribution in [0.3, 0.4) is 0 Å². The number of allylic oxidation sites excluding steroid dienone is 2. The molecule has 2 aliphatic heterocycles. The van der Waals surface area contributed by atoms with Gasteiger partial charge in [0.05, 0.1) is 53.0 Å². The van der Waals surface area contributed by atoms with Gasteiger partial charge in [-0.2, -0.15) is 10.2 Å². The van der Waals surface area contributed by atoms with Gasteiger partial charge >= 0.3 is 0 Å². The Labute approximate surface area is 307 Å². The van der Waals surface area contributed by atoms with Gasteiger partial charge in [-0.15, -0.1) is 0 Å². The highest BCUT2D eigenvalue weighted by atomic mass is 16.5. The number of azo groups is 1. The number of fused-ring (bicyclic) bond motifs is 4. The summed E-state index contributed by atoms with van der Waals surface area (Å²) in [4.78, 5) is 62.0. The van der Waals surface area contributed by atoms with E-state index in [1.165, 1.54) is 16.9 Å². The van der Waals surface area contributed by atoms with E-state index >= 15 is 0 Å². The SMILES string of the molecule is COc1ccc([C@H]2C3=CC[C@@H]4C(=O)N(c5ccc(N=Nc6ccc(N(C)C)cc6)cc5)C(=O)[C@@H]4[C@@H]3C[C@H]3C(=O)N(c4ccccc4)C(=O)[C@@]23C)cc1O. The van der Waals surface area contributed by atoms with Crippen LogP contribution in [0.25, 0.3) is 0 Å². The number of aromatic hydroxyl groups is 1. The molecule has 4 aromatic rings. The van der Waals surface area contributed by atoms with Crippen LogP contribution in [0.4, 0.5) is 28.4 Å². The van der Waals surface area contributed by atoms with Crippen LogP contribution < -0.4 is 19.4 Å². The number of methoxy groups -OCH3 is 1. The van der Waals surface area contributed by atoms with Crippen LogP contribution in [-0.2, 0) is 19.2 Å². The number of hydrogen-bond donors (Lipinski definition) is 1. The standard InChI is InChI=1S/C42H39N5O6/c1-42-33(39(50)47(41(42)52)28-8-6-5-7-9-28)23-32-30(37(42)24-10-21-35(53-4)34(48)22-24)19-20-31-36(32)40(51)46(38(31)49)29-17-13-26(14-18-29)44-43-25-11-15-27(16-12-25)45(2)3/h5-19,21-22,31-33,36-37,48H,20,23H2,1-4H3/t31-,32+,33-,36-,37-,42+/m0/s1. The topological polar surface area (TPSA) is 132 Å². The summed E-state index contributed by atoms with van der Waals surface area (Å²) in [6.45, 7) is 1.82. The van der Waals surface area contributed by atoms with E-state index < -0.39 is 35.0 Å². The Morgan fingerprint density at radius 1 is 0.774 bits per heavy atom. The number of benzene rings is 4. The number of carbonyl (C=O) groups excluding carboxylic acids is 4. The van der Waals surface area contributed by atoms with Crippen LogP contribution in [0.15, 0.2) is 119 Å². The highest BCUT2D eigenvalue weighted by Gasteiger charge is 2.67. The summed E-state index contributed by atoms with van der Waals surface area (Å²) in [5.74, 6) is -4.35. The molecule has 0 aromatic heterocycles. The second kappa shape index (κ2) is 12.8. The number of hydrogen-bond acceptors (Lipinski definition) is 9. The fourth-order valence-electron chi connectivity index (χ4n) is 8.96. The Morgan fingerprint density at radius 3 is 2.04 bits per heavy atom. The lowest BCUT2D eigenvalue weighted by Crippen LogP contribution is -2.48. The van der Waals surface area contributed by atoms with Gasteiger partial charge < -0.3 is 14.7 Å². The quantitative estimate of drug-likeness (QED) is 0.121. The smallest absolute Gasteiger partial charge is 0.241 e. The minimum atomic E-state index is -1.22. The molecule has 2 saturated heterocycles. The first-order valence-corrected chi connectivity index (χ1v) is 17.7. The Kier molecular flexibility index (Phi) is 8.24. The number of nitrogens with zero attached hydrogens (tertiary/aromatic N) is 5. The van der Waals surface area contributed by atoms with Crippen LogP contribution in [0, 0.1) is 29.1 Å². The Bertz CT molecular complexity index is 2200. The molecule has 2 heterocycles. The molecule has 6 atom stereocenters. The molecule has 4 aromatic carbocycles. The molecular weight excluding hydrogens is 670 g/mol. The second-order valence-electron chi connectivity index (χ2n) is 14.6. The van der Waals surface area contributed by atoms with Gasteiger partial charge in [-0.25, -0.2) is 4.90 Å². The molecule has 4 amide bonds. The molecule has 0 spiro atoms. The first kappa shape index (κ1) is 34.0. The van der Waals surface area contributed by atoms with Gasteiger partial charge in [0.15, 0.2) is 11.5 Å². The number of ether oxygens (including phenoxy) is 1. The van der Waals surface area contributed by atoms with Crippen molar-refractivity contribution in [2.24, 2.45) is 39.3 Å². The third-order valence-corrected chi connectivity index (χ3v) is 11.6. The number of para-hydroxylation sites is 1. The lowest BCUT2D eigenvalue weighted by atomic mass is 9.51. The van der Waals surface area contributed by atoms with Crippen molar-refractivity contribution in [3.63, 3.8) is 0 Å². The number of carbonyl (C=O) groups is 4. The second-order valence-corrected chi connectivity index (χ2v) is 14.6. The fraction of sp³-hybridized carbons (Fsp3) is 0.286. The molecule has 3 fully saturated rings. The Hall–Kier alpha value is -6.10. The molecule has 1 saturated carbocycles. The van der Waals surface area contributed by atoms with Gasteiger partial charge in [0.25, 0.3) is 0 Å². The average molecular weight is 710 g/mol. The number of imide groups is 2. The molecule has 4 aliphatic rings. The molecule has 1 N–H and O–H groups in total. The molecule has 268 valence electrons. The van der Waals surface area contributed by atoms with Gasteiger partial charge in [-0.1, -0.05) is 35.9 Å². The average Bonchev–Trinajstić information content (AvgIpc) is 3.53. The summed E-state index contributed by atoms with van der Waals surface area (Å²) in [5.41, 5.74) is 3.47. The zero-order valence-corrected chi connectivity index (χ0v) is 29.8. The van der Waals surface area contributed by atoms with Gasteiger partial charge in [-0.3, -0.25) is 24.1 Å². The third-order valence-electron chi connectivity index (χ3n) is 11.6. The summed E-state index contributed by atoms with van der Waals surface area (Å²) in [5, 5.41) is 19.6. The highest BCUT2D eigenvalue weighted by molar-refractivity contribution is 6.25. The summed E-state index contributed by atoms with van der Waals surface area (Å²) < 4.78 is 5.31. The predicted octanol–water partition coefficient (Wildman–Crippen LogP) is 7.32. The molecule has 0 radical (unpaired) electrons. The number of phenolic OH excluding ortho intramolecular Hbond substituents is 1. The zero-order valence-electron chi connectivity index (χ0n) is 29.8. The van der Waals surface area contributed by atoms with Crippen LogP contribution in [-0.4, -0.2) is 49.9 Å². The normalized spacial score (nSPS) is 26.4. The molecule has 53 heavy (non-hydrogen) atoms. The van der Waals surface area contributed by atoms with E-state index in [0.717, 1.165) is 11.3 Å². The lowest BCUT2D eigenvalue weighted by Gasteiger charge is -2.49. The monoisotopic (exact) mass is 709 g/mol. The highest BCUT2D eigenvalue weighted by Crippen LogP contribution is 2.64. The summed E-state index contributed by atoms with van der Waals surface area (Å²) in [7, 11) is 5.39. The van der Waals surface area contributed by atoms with Crippen molar-refractivity contribution in [2.75, 3.05) is 35.9 Å². The van der Waals surface area contributed by atoms with Crippen molar-refractivity contribution in [2.45, 2.75) is 25.7 Å². The van der Waals surface area contributed by atoms with Gasteiger partial charge in [0.1, 0.15) is 0 Å². The maximum atomic E-state index is 14.6. The van der Waals surface area contributed by atoms with Crippen molar-refractivity contribution in [3.05, 3.63) is 114 Å². The molecule has 8 rings (SSSR count). The van der Waals surface area contributed by atoms with E-state index in [1.54, 1.807) is 66.7 Å². The van der Waals surface area contributed by atoms with Crippen LogP contribution in [0.1, 0.15) is 31.2 Å². The molecule has 0 bridgehead atoms. The van der Waals surface area contributed by atoms with Crippen LogP contribution in [0.5, 0.6) is 11.5 Å². The predicted molar refractivity (Wildman–Crippen MR) is 200 cm³/mol. The van der Waals surface area contributed by atoms with Gasteiger partial charge in [-0.05, 0) is 104 Å². The zero-order chi connectivity index (χ0) is 37.2. The minimum absolute atomic E-state index is 0.0956. The summed E-state index contributed by atoms with van der Waals surface area (Å²) in [6.07, 6.45) is 2.53. The fourth-order valence-corrected chi connectivity index (χ4v) is 8.96. The lowest BCUT2D eigenvalue weighted by molar-refractivity contribution is -0.131. The number of anilines is 3. The van der Waals surface area contributed by atoms with Crippen LogP contribution in [0.2, 0.25) is 0 Å². The van der Waals surface area contributed by atoms with E-state index in [0.29, 0.717) is 34.7 Å². The number of rotatable bonds is 7. The number of amides is 4. The molecule has 0 unspecified atom stereocenters. The number of phenols is 1. The molecule has 2 aliphatic carbocycles. The van der Waals surface area contributed by atoms with Crippen molar-refractivity contribution < 1.29 is 29.0 Å². The summed E-state index contributed by atoms with van der Waals surface area (Å²) >= 11 is 0. The van der Waals surface area contributed by atoms with E-state index in [2.05, 4.69) is 10.2 Å². The summed E-state index contributed by atoms with van der Waals surface area (Å²) in [6, 6.07) is 28.4. The van der Waals surface area contributed by atoms with E-state index in [1.807, 2.05) is 62.3 Å². The first-order valence-electron chi connectivity index (χ1n) is 17.7.